The Labute approximate surface area is 330 Å². The van der Waals surface area contributed by atoms with E-state index in [-0.39, 0.29) is 29.7 Å². The number of likely N-dealkylation sites (tertiary alicyclic amines) is 1. The molecule has 56 heavy (non-hydrogen) atoms. The number of H-pyrrole nitrogens is 1. The average molecular weight is 774 g/mol. The van der Waals surface area contributed by atoms with E-state index in [0.717, 1.165) is 58.7 Å². The number of piperazine rings is 1. The molecule has 4 aromatic carbocycles. The van der Waals surface area contributed by atoms with E-state index in [9.17, 15) is 18.0 Å². The molecule has 0 unspecified atom stereocenters. The van der Waals surface area contributed by atoms with E-state index in [2.05, 4.69) is 39.5 Å². The van der Waals surface area contributed by atoms with Gasteiger partial charge < -0.3 is 15.2 Å². The fourth-order valence-electron chi connectivity index (χ4n) is 7.79. The molecule has 2 aliphatic heterocycles. The number of nitrogens with one attached hydrogen (secondary N) is 2. The second-order valence-corrected chi connectivity index (χ2v) is 17.0. The van der Waals surface area contributed by atoms with E-state index in [1.54, 1.807) is 4.31 Å². The van der Waals surface area contributed by atoms with Crippen LogP contribution in [0.2, 0.25) is 0 Å². The lowest BCUT2D eigenvalue weighted by Crippen LogP contribution is -2.48. The molecule has 1 aromatic heterocycles. The van der Waals surface area contributed by atoms with Crippen molar-refractivity contribution in [2.45, 2.75) is 44.8 Å². The second-order valence-electron chi connectivity index (χ2n) is 14.9. The van der Waals surface area contributed by atoms with Gasteiger partial charge in [-0.1, -0.05) is 85.8 Å². The zero-order valence-corrected chi connectivity index (χ0v) is 33.2. The second kappa shape index (κ2) is 17.3. The maximum atomic E-state index is 13.9. The largest absolute Gasteiger partial charge is 0.340 e. The molecule has 2 fully saturated rings. The molecular formula is C44H51N7O4S. The van der Waals surface area contributed by atoms with Crippen molar-refractivity contribution in [2.24, 2.45) is 0 Å². The van der Waals surface area contributed by atoms with E-state index in [4.69, 9.17) is 4.98 Å². The van der Waals surface area contributed by atoms with Crippen LogP contribution in [0, 0.1) is 0 Å². The first-order valence-electron chi connectivity index (χ1n) is 19.5. The minimum Gasteiger partial charge on any atom is -0.340 e. The number of sulfonamides is 1. The molecule has 0 bridgehead atoms. The van der Waals surface area contributed by atoms with Crippen molar-refractivity contribution in [1.29, 1.82) is 0 Å². The molecule has 12 heteroatoms. The summed E-state index contributed by atoms with van der Waals surface area (Å²) < 4.78 is 26.4. The Bertz CT molecular complexity index is 2200. The molecule has 0 aliphatic carbocycles. The van der Waals surface area contributed by atoms with Gasteiger partial charge in [-0.15, -0.1) is 0 Å². The first-order chi connectivity index (χ1) is 27.1. The Morgan fingerprint density at radius 2 is 1.48 bits per heavy atom. The van der Waals surface area contributed by atoms with Gasteiger partial charge in [-0.05, 0) is 85.4 Å². The van der Waals surface area contributed by atoms with Crippen LogP contribution in [0.4, 0.5) is 5.69 Å². The molecule has 11 nitrogen and oxygen atoms in total. The number of rotatable bonds is 13. The lowest BCUT2D eigenvalue weighted by atomic mass is 10.0. The third-order valence-corrected chi connectivity index (χ3v) is 12.9. The highest BCUT2D eigenvalue weighted by atomic mass is 32.2. The Morgan fingerprint density at radius 1 is 0.839 bits per heavy atom. The Balaban J connectivity index is 0.926. The number of nitrogens with zero attached hydrogens (tertiary/aromatic N) is 5. The van der Waals surface area contributed by atoms with Crippen LogP contribution in [0.1, 0.15) is 65.6 Å². The summed E-state index contributed by atoms with van der Waals surface area (Å²) in [6, 6.07) is 33.1. The first-order valence-corrected chi connectivity index (χ1v) is 21.1. The van der Waals surface area contributed by atoms with Gasteiger partial charge in [0.05, 0.1) is 23.7 Å². The Hall–Kier alpha value is -5.14. The lowest BCUT2D eigenvalue weighted by molar-refractivity contribution is -0.137. The number of carbonyl (C=O) groups is 2. The fourth-order valence-corrected chi connectivity index (χ4v) is 9.28. The van der Waals surface area contributed by atoms with E-state index in [1.165, 1.54) is 0 Å². The van der Waals surface area contributed by atoms with Crippen LogP contribution in [0.5, 0.6) is 0 Å². The van der Waals surface area contributed by atoms with Crippen molar-refractivity contribution in [3.05, 3.63) is 132 Å². The summed E-state index contributed by atoms with van der Waals surface area (Å²) in [5.41, 5.74) is 7.31. The average Bonchev–Trinajstić information content (AvgIpc) is 3.90. The van der Waals surface area contributed by atoms with Crippen molar-refractivity contribution in [1.82, 2.24) is 29.0 Å². The number of hydrogen-bond acceptors (Lipinski definition) is 7. The monoisotopic (exact) mass is 773 g/mol. The van der Waals surface area contributed by atoms with E-state index in [0.29, 0.717) is 50.4 Å². The van der Waals surface area contributed by atoms with Gasteiger partial charge in [-0.25, -0.2) is 13.4 Å². The highest BCUT2D eigenvalue weighted by Gasteiger charge is 2.37. The van der Waals surface area contributed by atoms with Crippen molar-refractivity contribution in [2.75, 3.05) is 57.9 Å². The van der Waals surface area contributed by atoms with Gasteiger partial charge in [-0.2, -0.15) is 4.31 Å². The van der Waals surface area contributed by atoms with E-state index < -0.39 is 10.0 Å². The molecule has 2 atom stereocenters. The number of benzene rings is 4. The van der Waals surface area contributed by atoms with Gasteiger partial charge in [-0.3, -0.25) is 19.4 Å². The maximum Gasteiger partial charge on any atom is 0.255 e. The summed E-state index contributed by atoms with van der Waals surface area (Å²) in [7, 11) is 0.735. The standard InChI is InChI=1S/C44H51N7O4S/c1-4-29-56(54,55)50-27-25-49(26-28-50)31-32-12-22-38(23-13-32)46-43(52)37-20-16-34(17-21-37)33-14-18-35(19-15-33)39-30-45-42(47-39)40-11-8-24-51(40)44(53)41(48(2)3)36-9-6-5-7-10-36/h5-7,9-10,12-23,30,40-41H,4,8,11,24-29,31H2,1-3H3,(H,45,47)(H,46,52)/t40-,41+/m0/s1. The predicted octanol–water partition coefficient (Wildman–Crippen LogP) is 6.82. The maximum absolute atomic E-state index is 13.9. The van der Waals surface area contributed by atoms with Gasteiger partial charge >= 0.3 is 0 Å². The third kappa shape index (κ3) is 8.94. The molecule has 3 heterocycles. The van der Waals surface area contributed by atoms with Crippen LogP contribution in [0.25, 0.3) is 22.4 Å². The number of amides is 2. The first kappa shape index (κ1) is 39.1. The highest BCUT2D eigenvalue weighted by Crippen LogP contribution is 2.35. The van der Waals surface area contributed by atoms with Gasteiger partial charge in [0, 0.05) is 50.5 Å². The van der Waals surface area contributed by atoms with Gasteiger partial charge in [0.25, 0.3) is 5.91 Å². The van der Waals surface area contributed by atoms with E-state index in [1.807, 2.05) is 116 Å². The molecular weight excluding hydrogens is 723 g/mol. The van der Waals surface area contributed by atoms with Crippen LogP contribution in [-0.2, 0) is 21.4 Å². The molecule has 0 saturated carbocycles. The van der Waals surface area contributed by atoms with E-state index >= 15 is 0 Å². The number of aromatic nitrogens is 2. The molecule has 0 spiro atoms. The number of imidazole rings is 1. The molecule has 7 rings (SSSR count). The quantitative estimate of drug-likeness (QED) is 0.135. The van der Waals surface area contributed by atoms with Crippen molar-refractivity contribution in [3.8, 4) is 22.4 Å². The number of carbonyl (C=O) groups excluding carboxylic acids is 2. The van der Waals surface area contributed by atoms with Crippen LogP contribution in [-0.4, -0.2) is 102 Å². The summed E-state index contributed by atoms with van der Waals surface area (Å²) in [5.74, 6) is 0.914. The normalized spacial score (nSPS) is 17.3. The molecule has 0 radical (unpaired) electrons. The summed E-state index contributed by atoms with van der Waals surface area (Å²) in [6.07, 6.45) is 4.27. The topological polar surface area (TPSA) is 122 Å². The van der Waals surface area contributed by atoms with Crippen LogP contribution < -0.4 is 5.32 Å². The van der Waals surface area contributed by atoms with Crippen LogP contribution in [0.3, 0.4) is 0 Å². The molecule has 5 aromatic rings. The predicted molar refractivity (Wildman–Crippen MR) is 221 cm³/mol. The number of anilines is 1. The molecule has 2 N–H and O–H groups in total. The van der Waals surface area contributed by atoms with Crippen molar-refractivity contribution < 1.29 is 18.0 Å². The molecule has 2 aliphatic rings. The Morgan fingerprint density at radius 3 is 2.12 bits per heavy atom. The van der Waals surface area contributed by atoms with Gasteiger partial charge in [0.2, 0.25) is 15.9 Å². The Kier molecular flexibility index (Phi) is 12.1. The van der Waals surface area contributed by atoms with Crippen LogP contribution >= 0.6 is 0 Å². The SMILES string of the molecule is CCCS(=O)(=O)N1CCN(Cc2ccc(NC(=O)c3ccc(-c4ccc(-c5cnc([C@@H]6CCCN6C(=O)[C@@H](c6ccccc6)N(C)C)[nH]5)cc4)cc3)cc2)CC1. The molecule has 2 amide bonds. The van der Waals surface area contributed by atoms with Gasteiger partial charge in [0.15, 0.2) is 0 Å². The number of aromatic amines is 1. The van der Waals surface area contributed by atoms with Gasteiger partial charge in [0.1, 0.15) is 11.9 Å². The number of hydrogen-bond donors (Lipinski definition) is 2. The smallest absolute Gasteiger partial charge is 0.255 e. The zero-order valence-electron chi connectivity index (χ0n) is 32.4. The van der Waals surface area contributed by atoms with Crippen molar-refractivity contribution in [3.63, 3.8) is 0 Å². The highest BCUT2D eigenvalue weighted by molar-refractivity contribution is 7.89. The minimum absolute atomic E-state index is 0.0892. The molecule has 2 saturated heterocycles. The number of likely N-dealkylation sites (N-methyl/N-ethyl adjacent to an activating group) is 1. The summed E-state index contributed by atoms with van der Waals surface area (Å²) in [4.78, 5) is 41.4. The van der Waals surface area contributed by atoms with Crippen LogP contribution in [0.15, 0.2) is 109 Å². The summed E-state index contributed by atoms with van der Waals surface area (Å²) in [6.45, 7) is 5.76. The molecule has 292 valence electrons. The zero-order chi connectivity index (χ0) is 39.2. The lowest BCUT2D eigenvalue weighted by Gasteiger charge is -2.34. The minimum atomic E-state index is -3.16. The van der Waals surface area contributed by atoms with Crippen molar-refractivity contribution >= 4 is 27.5 Å². The third-order valence-electron chi connectivity index (χ3n) is 10.8. The summed E-state index contributed by atoms with van der Waals surface area (Å²) >= 11 is 0. The fraction of sp³-hybridized carbons (Fsp3) is 0.341. The summed E-state index contributed by atoms with van der Waals surface area (Å²) in [5, 5.41) is 3.00.